The average molecular weight is 302 g/mol. The second-order valence-corrected chi connectivity index (χ2v) is 5.51. The summed E-state index contributed by atoms with van der Waals surface area (Å²) in [5.41, 5.74) is 0.884. The van der Waals surface area contributed by atoms with E-state index in [4.69, 9.17) is 14.7 Å². The lowest BCUT2D eigenvalue weighted by Crippen LogP contribution is -2.41. The zero-order valence-electron chi connectivity index (χ0n) is 12.9. The van der Waals surface area contributed by atoms with Crippen molar-refractivity contribution in [2.24, 2.45) is 9.98 Å². The minimum atomic E-state index is -0.443. The van der Waals surface area contributed by atoms with Crippen LogP contribution in [0.5, 0.6) is 0 Å². The number of hydrogen-bond donors (Lipinski definition) is 1. The molecular formula is C16H22N4O2. The number of benzene rings is 1. The van der Waals surface area contributed by atoms with Crippen molar-refractivity contribution < 1.29 is 9.84 Å². The van der Waals surface area contributed by atoms with Crippen LogP contribution in [0, 0.1) is 0 Å². The van der Waals surface area contributed by atoms with Crippen molar-refractivity contribution in [3.8, 4) is 0 Å². The number of morpholine rings is 1. The molecule has 2 saturated heterocycles. The highest BCUT2D eigenvalue weighted by Gasteiger charge is 2.25. The fourth-order valence-corrected chi connectivity index (χ4v) is 2.60. The van der Waals surface area contributed by atoms with E-state index >= 15 is 0 Å². The molecule has 1 aromatic carbocycles. The Balaban J connectivity index is 1.89. The average Bonchev–Trinajstić information content (AvgIpc) is 2.88. The fourth-order valence-electron chi connectivity index (χ4n) is 2.60. The summed E-state index contributed by atoms with van der Waals surface area (Å²) in [4.78, 5) is 13.4. The van der Waals surface area contributed by atoms with E-state index < -0.39 is 6.23 Å². The van der Waals surface area contributed by atoms with Crippen molar-refractivity contribution in [3.05, 3.63) is 30.3 Å². The van der Waals surface area contributed by atoms with E-state index in [2.05, 4.69) is 4.90 Å². The molecule has 6 heteroatoms. The first-order valence-electron chi connectivity index (χ1n) is 7.69. The maximum absolute atomic E-state index is 9.85. The van der Waals surface area contributed by atoms with Crippen molar-refractivity contribution in [1.29, 1.82) is 0 Å². The van der Waals surface area contributed by atoms with Crippen LogP contribution in [0.3, 0.4) is 0 Å². The zero-order valence-corrected chi connectivity index (χ0v) is 12.9. The van der Waals surface area contributed by atoms with Crippen molar-refractivity contribution in [1.82, 2.24) is 9.80 Å². The molecule has 1 atom stereocenters. The minimum absolute atomic E-state index is 0.443. The van der Waals surface area contributed by atoms with Crippen molar-refractivity contribution in [3.63, 3.8) is 0 Å². The van der Waals surface area contributed by atoms with Crippen LogP contribution in [0.2, 0.25) is 0 Å². The number of nitrogens with zero attached hydrogens (tertiary/aromatic N) is 4. The summed E-state index contributed by atoms with van der Waals surface area (Å²) in [6, 6.07) is 9.84. The third kappa shape index (κ3) is 3.45. The fraction of sp³-hybridized carbons (Fsp3) is 0.500. The molecule has 2 heterocycles. The van der Waals surface area contributed by atoms with Gasteiger partial charge in [-0.1, -0.05) is 18.2 Å². The van der Waals surface area contributed by atoms with Gasteiger partial charge in [-0.05, 0) is 18.6 Å². The second-order valence-electron chi connectivity index (χ2n) is 5.51. The molecule has 3 rings (SSSR count). The number of ether oxygens (including phenoxy) is 1. The molecule has 1 unspecified atom stereocenters. The molecule has 0 aliphatic carbocycles. The van der Waals surface area contributed by atoms with Gasteiger partial charge in [0.15, 0.2) is 0 Å². The zero-order chi connectivity index (χ0) is 15.4. The maximum atomic E-state index is 9.85. The number of aliphatic imine (C=N–C) groups is 2. The first kappa shape index (κ1) is 15.0. The van der Waals surface area contributed by atoms with E-state index in [0.717, 1.165) is 37.5 Å². The second kappa shape index (κ2) is 6.89. The molecular weight excluding hydrogens is 280 g/mol. The van der Waals surface area contributed by atoms with Gasteiger partial charge in [0, 0.05) is 26.6 Å². The molecule has 6 nitrogen and oxygen atoms in total. The Kier molecular flexibility index (Phi) is 4.70. The molecule has 0 saturated carbocycles. The molecule has 2 fully saturated rings. The van der Waals surface area contributed by atoms with Gasteiger partial charge in [-0.3, -0.25) is 0 Å². The van der Waals surface area contributed by atoms with Gasteiger partial charge in [-0.15, -0.1) is 0 Å². The summed E-state index contributed by atoms with van der Waals surface area (Å²) in [5, 5.41) is 9.85. The van der Waals surface area contributed by atoms with Crippen molar-refractivity contribution in [2.45, 2.75) is 19.1 Å². The molecule has 118 valence electrons. The summed E-state index contributed by atoms with van der Waals surface area (Å²) < 4.78 is 5.41. The lowest BCUT2D eigenvalue weighted by molar-refractivity contribution is 0.0674. The van der Waals surface area contributed by atoms with E-state index in [-0.39, 0.29) is 0 Å². The van der Waals surface area contributed by atoms with Crippen LogP contribution >= 0.6 is 0 Å². The van der Waals surface area contributed by atoms with E-state index in [1.165, 1.54) is 0 Å². The van der Waals surface area contributed by atoms with Crippen LogP contribution in [0.25, 0.3) is 0 Å². The highest BCUT2D eigenvalue weighted by atomic mass is 16.5. The van der Waals surface area contributed by atoms with Gasteiger partial charge in [0.1, 0.15) is 12.1 Å². The highest BCUT2D eigenvalue weighted by molar-refractivity contribution is 5.97. The van der Waals surface area contributed by atoms with Gasteiger partial charge < -0.3 is 19.6 Å². The molecule has 0 spiro atoms. The lowest BCUT2D eigenvalue weighted by atomic mass is 10.3. The standard InChI is InChI=1S/C16H22N4O2/c1-19-14(7-8-15(19)21)18-16(20-9-11-22-12-10-20)17-13-5-3-2-4-6-13/h2-6,15,21H,7-12H2,1H3/b17-16?,18-14+. The predicted octanol–water partition coefficient (Wildman–Crippen LogP) is 1.45. The summed E-state index contributed by atoms with van der Waals surface area (Å²) in [6.45, 7) is 2.96. The number of likely N-dealkylation sites (tertiary alicyclic amines) is 1. The molecule has 0 bridgehead atoms. The molecule has 2 aliphatic rings. The minimum Gasteiger partial charge on any atom is -0.378 e. The largest absolute Gasteiger partial charge is 0.378 e. The van der Waals surface area contributed by atoms with E-state index in [9.17, 15) is 5.11 Å². The van der Waals surface area contributed by atoms with Gasteiger partial charge in [0.2, 0.25) is 5.96 Å². The number of amidine groups is 1. The van der Waals surface area contributed by atoms with Crippen LogP contribution in [0.1, 0.15) is 12.8 Å². The van der Waals surface area contributed by atoms with E-state index in [0.29, 0.717) is 19.2 Å². The molecule has 2 aliphatic heterocycles. The van der Waals surface area contributed by atoms with Crippen LogP contribution < -0.4 is 0 Å². The Morgan fingerprint density at radius 3 is 2.59 bits per heavy atom. The normalized spacial score (nSPS) is 25.1. The SMILES string of the molecule is CN1/C(=N/C(=Nc2ccccc2)N2CCOCC2)CCC1O. The van der Waals surface area contributed by atoms with E-state index in [1.54, 1.807) is 0 Å². The third-order valence-corrected chi connectivity index (χ3v) is 3.99. The van der Waals surface area contributed by atoms with Gasteiger partial charge in [-0.2, -0.15) is 4.99 Å². The monoisotopic (exact) mass is 302 g/mol. The number of hydrogen-bond acceptors (Lipinski definition) is 3. The van der Waals surface area contributed by atoms with Crippen molar-refractivity contribution >= 4 is 17.5 Å². The van der Waals surface area contributed by atoms with Crippen LogP contribution in [-0.4, -0.2) is 66.3 Å². The number of rotatable bonds is 1. The molecule has 1 aromatic rings. The van der Waals surface area contributed by atoms with Gasteiger partial charge in [0.05, 0.1) is 18.9 Å². The van der Waals surface area contributed by atoms with Crippen LogP contribution in [-0.2, 0) is 4.74 Å². The molecule has 0 amide bonds. The van der Waals surface area contributed by atoms with Crippen LogP contribution in [0.4, 0.5) is 5.69 Å². The Bertz CT molecular complexity index is 553. The Morgan fingerprint density at radius 2 is 1.95 bits per heavy atom. The topological polar surface area (TPSA) is 60.7 Å². The Labute approximate surface area is 130 Å². The number of aliphatic hydroxyl groups excluding tert-OH is 1. The smallest absolute Gasteiger partial charge is 0.227 e. The Morgan fingerprint density at radius 1 is 1.23 bits per heavy atom. The highest BCUT2D eigenvalue weighted by Crippen LogP contribution is 2.18. The van der Waals surface area contributed by atoms with Crippen molar-refractivity contribution in [2.75, 3.05) is 33.4 Å². The Hall–Kier alpha value is -1.92. The van der Waals surface area contributed by atoms with Crippen LogP contribution in [0.15, 0.2) is 40.3 Å². The summed E-state index contributed by atoms with van der Waals surface area (Å²) in [7, 11) is 1.87. The quantitative estimate of drug-likeness (QED) is 0.630. The lowest BCUT2D eigenvalue weighted by Gasteiger charge is -2.28. The predicted molar refractivity (Wildman–Crippen MR) is 86.4 cm³/mol. The van der Waals surface area contributed by atoms with Gasteiger partial charge >= 0.3 is 0 Å². The third-order valence-electron chi connectivity index (χ3n) is 3.99. The molecule has 0 aromatic heterocycles. The summed E-state index contributed by atoms with van der Waals surface area (Å²) in [5.74, 6) is 1.58. The maximum Gasteiger partial charge on any atom is 0.227 e. The number of para-hydroxylation sites is 1. The first-order valence-corrected chi connectivity index (χ1v) is 7.69. The molecule has 22 heavy (non-hydrogen) atoms. The molecule has 1 N–H and O–H groups in total. The number of guanidine groups is 1. The molecule has 0 radical (unpaired) electrons. The summed E-state index contributed by atoms with van der Waals surface area (Å²) >= 11 is 0. The van der Waals surface area contributed by atoms with E-state index in [1.807, 2.05) is 42.3 Å². The van der Waals surface area contributed by atoms with Gasteiger partial charge in [-0.25, -0.2) is 4.99 Å². The van der Waals surface area contributed by atoms with Gasteiger partial charge in [0.25, 0.3) is 0 Å². The first-order chi connectivity index (χ1) is 10.7. The summed E-state index contributed by atoms with van der Waals surface area (Å²) in [6.07, 6.45) is 1.05. The number of aliphatic hydroxyl groups is 1.